The smallest absolute Gasteiger partial charge is 0.0640 e. The van der Waals surface area contributed by atoms with Crippen LogP contribution in [0.25, 0.3) is 80.0 Å². The topological polar surface area (TPSA) is 3.24 Å². The van der Waals surface area contributed by atoms with Gasteiger partial charge in [0, 0.05) is 36.4 Å². The van der Waals surface area contributed by atoms with Crippen molar-refractivity contribution in [1.29, 1.82) is 0 Å². The van der Waals surface area contributed by atoms with Gasteiger partial charge in [-0.25, -0.2) is 0 Å². The Kier molecular flexibility index (Phi) is 8.76. The van der Waals surface area contributed by atoms with Crippen LogP contribution in [-0.2, 0) is 6.42 Å². The van der Waals surface area contributed by atoms with E-state index in [-0.39, 0.29) is 0 Å². The highest BCUT2D eigenvalue weighted by molar-refractivity contribution is 7.25. The molecule has 9 aromatic carbocycles. The predicted molar refractivity (Wildman–Crippen MR) is 265 cm³/mol. The van der Waals surface area contributed by atoms with Crippen LogP contribution in [0.4, 0.5) is 17.1 Å². The van der Waals surface area contributed by atoms with Gasteiger partial charge >= 0.3 is 0 Å². The number of hydrogen-bond donors (Lipinski definition) is 0. The summed E-state index contributed by atoms with van der Waals surface area (Å²) in [5, 5.41) is 6.55. The van der Waals surface area contributed by atoms with Gasteiger partial charge in [0.25, 0.3) is 0 Å². The fourth-order valence-corrected chi connectivity index (χ4v) is 11.9. The molecule has 0 radical (unpaired) electrons. The lowest BCUT2D eigenvalue weighted by Crippen LogP contribution is -2.10. The Balaban J connectivity index is 0.931. The van der Waals surface area contributed by atoms with Crippen LogP contribution < -0.4 is 4.90 Å². The summed E-state index contributed by atoms with van der Waals surface area (Å²) in [5.41, 5.74) is 14.9. The minimum Gasteiger partial charge on any atom is -0.309 e. The molecule has 2 heterocycles. The molecule has 61 heavy (non-hydrogen) atoms. The van der Waals surface area contributed by atoms with E-state index in [0.717, 1.165) is 24.2 Å². The number of benzene rings is 9. The maximum absolute atomic E-state index is 2.46. The Morgan fingerprint density at radius 2 is 0.984 bits per heavy atom. The fraction of sp³-hybridized carbons (Fsp3) is 0.0345. The molecule has 0 saturated carbocycles. The summed E-state index contributed by atoms with van der Waals surface area (Å²) in [6.45, 7) is 0. The summed E-state index contributed by atoms with van der Waals surface area (Å²) in [4.78, 5) is 3.86. The van der Waals surface area contributed by atoms with E-state index >= 15 is 0 Å². The minimum absolute atomic E-state index is 1.05. The average molecular weight is 814 g/mol. The van der Waals surface area contributed by atoms with Crippen molar-refractivity contribution >= 4 is 86.3 Å². The SMILES string of the molecule is C1=C(c2ccccc2)c2sc3c(N(c4ccc(-c5ccc(-c6ccc7sc8ccccc8c7c6)cc5)cc4)c4ccc(-c5cccc6ccccc56)cc4)cccc3c2CC1. The highest BCUT2D eigenvalue weighted by Crippen LogP contribution is 2.48. The van der Waals surface area contributed by atoms with E-state index in [1.54, 1.807) is 0 Å². The van der Waals surface area contributed by atoms with Crippen LogP contribution in [0.2, 0.25) is 0 Å². The predicted octanol–water partition coefficient (Wildman–Crippen LogP) is 17.3. The van der Waals surface area contributed by atoms with Crippen molar-refractivity contribution in [2.45, 2.75) is 12.8 Å². The highest BCUT2D eigenvalue weighted by atomic mass is 32.1. The van der Waals surface area contributed by atoms with Crippen molar-refractivity contribution in [3.05, 3.63) is 228 Å². The minimum atomic E-state index is 1.05. The summed E-state index contributed by atoms with van der Waals surface area (Å²) in [5.74, 6) is 0. The third-order valence-electron chi connectivity index (χ3n) is 12.4. The number of thiophene rings is 2. The molecule has 1 aliphatic rings. The van der Waals surface area contributed by atoms with E-state index in [9.17, 15) is 0 Å². The van der Waals surface area contributed by atoms with Crippen molar-refractivity contribution in [2.75, 3.05) is 4.90 Å². The molecule has 0 bridgehead atoms. The maximum atomic E-state index is 2.46. The number of anilines is 3. The van der Waals surface area contributed by atoms with E-state index in [4.69, 9.17) is 0 Å². The Morgan fingerprint density at radius 1 is 0.393 bits per heavy atom. The molecule has 288 valence electrons. The molecule has 0 fully saturated rings. The molecule has 0 atom stereocenters. The van der Waals surface area contributed by atoms with Crippen LogP contribution in [0.5, 0.6) is 0 Å². The number of allylic oxidation sites excluding steroid dienone is 1. The van der Waals surface area contributed by atoms with Gasteiger partial charge in [-0.05, 0) is 128 Å². The maximum Gasteiger partial charge on any atom is 0.0640 e. The van der Waals surface area contributed by atoms with Crippen molar-refractivity contribution in [2.24, 2.45) is 0 Å². The van der Waals surface area contributed by atoms with Gasteiger partial charge in [0.15, 0.2) is 0 Å². The number of rotatable bonds is 7. The fourth-order valence-electron chi connectivity index (χ4n) is 9.38. The van der Waals surface area contributed by atoms with E-state index in [0.29, 0.717) is 0 Å². The van der Waals surface area contributed by atoms with Gasteiger partial charge in [0.2, 0.25) is 0 Å². The molecular weight excluding hydrogens is 775 g/mol. The Morgan fingerprint density at radius 3 is 1.77 bits per heavy atom. The summed E-state index contributed by atoms with van der Waals surface area (Å²) in [6, 6.07) is 76.0. The van der Waals surface area contributed by atoms with Crippen LogP contribution in [0, 0.1) is 0 Å². The zero-order valence-corrected chi connectivity index (χ0v) is 35.0. The molecule has 0 amide bonds. The summed E-state index contributed by atoms with van der Waals surface area (Å²) < 4.78 is 3.99. The van der Waals surface area contributed by atoms with Crippen LogP contribution in [0.3, 0.4) is 0 Å². The first-order chi connectivity index (χ1) is 30.2. The zero-order valence-electron chi connectivity index (χ0n) is 33.4. The quantitative estimate of drug-likeness (QED) is 0.155. The monoisotopic (exact) mass is 813 g/mol. The van der Waals surface area contributed by atoms with E-state index in [1.807, 2.05) is 22.7 Å². The third kappa shape index (κ3) is 6.28. The first-order valence-corrected chi connectivity index (χ1v) is 22.7. The Bertz CT molecular complexity index is 3440. The number of hydrogen-bond acceptors (Lipinski definition) is 3. The van der Waals surface area contributed by atoms with E-state index in [2.05, 4.69) is 217 Å². The first-order valence-electron chi connectivity index (χ1n) is 21.0. The molecule has 1 nitrogen and oxygen atoms in total. The van der Waals surface area contributed by atoms with Crippen LogP contribution in [0.1, 0.15) is 22.4 Å². The molecule has 12 rings (SSSR count). The lowest BCUT2D eigenvalue weighted by Gasteiger charge is -2.26. The number of aryl methyl sites for hydroxylation is 1. The molecule has 3 heteroatoms. The average Bonchev–Trinajstić information content (AvgIpc) is 3.91. The van der Waals surface area contributed by atoms with Gasteiger partial charge in [0.1, 0.15) is 0 Å². The highest BCUT2D eigenvalue weighted by Gasteiger charge is 2.24. The summed E-state index contributed by atoms with van der Waals surface area (Å²) in [6.07, 6.45) is 4.55. The van der Waals surface area contributed by atoms with Crippen molar-refractivity contribution in [1.82, 2.24) is 0 Å². The molecule has 1 aliphatic carbocycles. The molecular formula is C58H39NS2. The van der Waals surface area contributed by atoms with Crippen LogP contribution >= 0.6 is 22.7 Å². The van der Waals surface area contributed by atoms with E-state index in [1.165, 1.54) is 102 Å². The second-order valence-corrected chi connectivity index (χ2v) is 18.0. The largest absolute Gasteiger partial charge is 0.309 e. The van der Waals surface area contributed by atoms with Gasteiger partial charge < -0.3 is 4.90 Å². The lowest BCUT2D eigenvalue weighted by molar-refractivity contribution is 0.998. The third-order valence-corrected chi connectivity index (χ3v) is 14.8. The Labute approximate surface area is 363 Å². The first kappa shape index (κ1) is 35.9. The molecule has 2 aromatic heterocycles. The molecule has 0 unspecified atom stereocenters. The summed E-state index contributed by atoms with van der Waals surface area (Å²) >= 11 is 3.81. The summed E-state index contributed by atoms with van der Waals surface area (Å²) in [7, 11) is 0. The van der Waals surface area contributed by atoms with Gasteiger partial charge in [-0.3, -0.25) is 0 Å². The lowest BCUT2D eigenvalue weighted by atomic mass is 9.92. The Hall–Kier alpha value is -7.04. The van der Waals surface area contributed by atoms with Crippen molar-refractivity contribution < 1.29 is 0 Å². The van der Waals surface area contributed by atoms with E-state index < -0.39 is 0 Å². The number of nitrogens with zero attached hydrogens (tertiary/aromatic N) is 1. The second kappa shape index (κ2) is 14.9. The second-order valence-electron chi connectivity index (χ2n) is 15.9. The molecule has 0 aliphatic heterocycles. The molecule has 0 spiro atoms. The van der Waals surface area contributed by atoms with Gasteiger partial charge in [-0.1, -0.05) is 164 Å². The molecule has 0 saturated heterocycles. The van der Waals surface area contributed by atoms with Gasteiger partial charge in [0.05, 0.1) is 10.4 Å². The van der Waals surface area contributed by atoms with Gasteiger partial charge in [-0.15, -0.1) is 22.7 Å². The number of fused-ring (bicyclic) bond motifs is 7. The van der Waals surface area contributed by atoms with Gasteiger partial charge in [-0.2, -0.15) is 0 Å². The van der Waals surface area contributed by atoms with Crippen LogP contribution in [0.15, 0.2) is 212 Å². The normalized spacial score (nSPS) is 12.6. The molecule has 0 N–H and O–H groups in total. The zero-order chi connectivity index (χ0) is 40.3. The van der Waals surface area contributed by atoms with Crippen LogP contribution in [-0.4, -0.2) is 0 Å². The van der Waals surface area contributed by atoms with Crippen molar-refractivity contribution in [3.63, 3.8) is 0 Å². The van der Waals surface area contributed by atoms with Crippen molar-refractivity contribution in [3.8, 4) is 33.4 Å². The molecule has 11 aromatic rings. The standard InChI is InChI=1S/C58H39NS2/c1-2-11-42(12-3-1)49-18-9-19-51-52-20-10-21-54(58(52)61-57(49)51)59(46-34-29-43(30-35-46)48-17-8-14-41-13-4-5-15-47(41)48)45-32-27-39(28-33-45)38-23-25-40(26-24-38)44-31-36-56-53(37-44)50-16-6-7-22-55(50)60-56/h1-8,10-18,20-37H,9,19H2.